The number of hydrogen-bond acceptors (Lipinski definition) is 1. The van der Waals surface area contributed by atoms with Gasteiger partial charge in [-0.05, 0) is 25.1 Å². The second kappa shape index (κ2) is 3.69. The van der Waals surface area contributed by atoms with Crippen LogP contribution in [0.3, 0.4) is 0 Å². The maximum Gasteiger partial charge on any atom is 0.0811 e. The molecule has 0 aliphatic carbocycles. The molecule has 4 heteroatoms. The summed E-state index contributed by atoms with van der Waals surface area (Å²) in [5, 5.41) is 1.96. The van der Waals surface area contributed by atoms with Crippen LogP contribution in [0.2, 0.25) is 10.0 Å². The number of halogens is 3. The fourth-order valence-electron chi connectivity index (χ4n) is 1.29. The number of fused-ring (bicyclic) bond motifs is 1. The molecule has 1 aromatic heterocycles. The second-order valence-electron chi connectivity index (χ2n) is 2.99. The molecule has 0 amide bonds. The molecule has 1 heterocycles. The van der Waals surface area contributed by atoms with E-state index >= 15 is 0 Å². The predicted molar refractivity (Wildman–Crippen MR) is 64.2 cm³/mol. The number of pyridine rings is 1. The van der Waals surface area contributed by atoms with Gasteiger partial charge in [0.1, 0.15) is 0 Å². The number of benzene rings is 1. The van der Waals surface area contributed by atoms with Crippen LogP contribution in [-0.2, 0) is 0 Å². The van der Waals surface area contributed by atoms with Crippen molar-refractivity contribution in [3.8, 4) is 0 Å². The monoisotopic (exact) mass is 289 g/mol. The van der Waals surface area contributed by atoms with Crippen molar-refractivity contribution in [3.05, 3.63) is 38.4 Å². The fraction of sp³-hybridized carbons (Fsp3) is 0.100. The Balaban J connectivity index is 2.92. The van der Waals surface area contributed by atoms with E-state index in [4.69, 9.17) is 23.2 Å². The van der Waals surface area contributed by atoms with E-state index in [0.29, 0.717) is 10.0 Å². The number of nitrogens with zero attached hydrogens (tertiary/aromatic N) is 1. The molecular weight excluding hydrogens is 285 g/mol. The molecule has 0 unspecified atom stereocenters. The van der Waals surface area contributed by atoms with Gasteiger partial charge in [-0.1, -0.05) is 39.1 Å². The Morgan fingerprint density at radius 1 is 1.21 bits per heavy atom. The largest absolute Gasteiger partial charge is 0.251 e. The third kappa shape index (κ3) is 1.62. The molecule has 2 rings (SSSR count). The zero-order valence-electron chi connectivity index (χ0n) is 7.31. The highest BCUT2D eigenvalue weighted by molar-refractivity contribution is 9.10. The first-order chi connectivity index (χ1) is 6.59. The lowest BCUT2D eigenvalue weighted by Gasteiger charge is -2.05. The Hall–Kier alpha value is -0.310. The highest BCUT2D eigenvalue weighted by Crippen LogP contribution is 2.32. The fourth-order valence-corrected chi connectivity index (χ4v) is 2.08. The summed E-state index contributed by atoms with van der Waals surface area (Å²) in [6.07, 6.45) is 0. The van der Waals surface area contributed by atoms with E-state index in [1.807, 2.05) is 25.1 Å². The van der Waals surface area contributed by atoms with Gasteiger partial charge in [0.25, 0.3) is 0 Å². The number of aromatic nitrogens is 1. The molecule has 1 nitrogen and oxygen atoms in total. The van der Waals surface area contributed by atoms with Gasteiger partial charge in [0.15, 0.2) is 0 Å². The maximum atomic E-state index is 6.11. The van der Waals surface area contributed by atoms with Crippen molar-refractivity contribution < 1.29 is 0 Å². The minimum atomic E-state index is 0.525. The zero-order valence-corrected chi connectivity index (χ0v) is 10.4. The SMILES string of the molecule is Cc1nc2ccc(Br)cc2c(Cl)c1Cl. The minimum absolute atomic E-state index is 0.525. The first-order valence-electron chi connectivity index (χ1n) is 4.00. The second-order valence-corrected chi connectivity index (χ2v) is 4.66. The molecule has 2 aromatic rings. The Bertz CT molecular complexity index is 511. The Kier molecular flexibility index (Phi) is 2.69. The standard InChI is InChI=1S/C10H6BrCl2N/c1-5-9(12)10(13)7-4-6(11)2-3-8(7)14-5/h2-4H,1H3. The third-order valence-electron chi connectivity index (χ3n) is 1.99. The third-order valence-corrected chi connectivity index (χ3v) is 3.44. The lowest BCUT2D eigenvalue weighted by atomic mass is 10.2. The predicted octanol–water partition coefficient (Wildman–Crippen LogP) is 4.61. The molecule has 0 fully saturated rings. The average Bonchev–Trinajstić information content (AvgIpc) is 2.16. The van der Waals surface area contributed by atoms with Crippen LogP contribution in [0, 0.1) is 6.92 Å². The number of rotatable bonds is 0. The van der Waals surface area contributed by atoms with E-state index in [-0.39, 0.29) is 0 Å². The molecule has 0 aliphatic rings. The summed E-state index contributed by atoms with van der Waals surface area (Å²) in [5.41, 5.74) is 1.62. The first-order valence-corrected chi connectivity index (χ1v) is 5.55. The molecule has 0 bridgehead atoms. The van der Waals surface area contributed by atoms with E-state index in [2.05, 4.69) is 20.9 Å². The number of aryl methyl sites for hydroxylation is 1. The normalized spacial score (nSPS) is 10.9. The van der Waals surface area contributed by atoms with Crippen molar-refractivity contribution >= 4 is 50.0 Å². The highest BCUT2D eigenvalue weighted by Gasteiger charge is 2.08. The van der Waals surface area contributed by atoms with E-state index in [0.717, 1.165) is 21.1 Å². The van der Waals surface area contributed by atoms with Gasteiger partial charge in [-0.15, -0.1) is 0 Å². The zero-order chi connectivity index (χ0) is 10.3. The Morgan fingerprint density at radius 3 is 2.64 bits per heavy atom. The molecule has 0 spiro atoms. The summed E-state index contributed by atoms with van der Waals surface area (Å²) in [4.78, 5) is 4.34. The Labute approximate surface area is 100 Å². The van der Waals surface area contributed by atoms with E-state index in [1.54, 1.807) is 0 Å². The summed E-state index contributed by atoms with van der Waals surface area (Å²) in [5.74, 6) is 0. The first kappa shape index (κ1) is 10.2. The molecule has 0 N–H and O–H groups in total. The van der Waals surface area contributed by atoms with Crippen LogP contribution in [0.15, 0.2) is 22.7 Å². The van der Waals surface area contributed by atoms with Gasteiger partial charge < -0.3 is 0 Å². The molecule has 1 aromatic carbocycles. The van der Waals surface area contributed by atoms with Gasteiger partial charge in [-0.25, -0.2) is 0 Å². The smallest absolute Gasteiger partial charge is 0.0811 e. The van der Waals surface area contributed by atoms with Crippen LogP contribution in [0.25, 0.3) is 10.9 Å². The van der Waals surface area contributed by atoms with Crippen molar-refractivity contribution in [1.82, 2.24) is 4.98 Å². The maximum absolute atomic E-state index is 6.11. The summed E-state index contributed by atoms with van der Waals surface area (Å²) in [7, 11) is 0. The van der Waals surface area contributed by atoms with E-state index < -0.39 is 0 Å². The van der Waals surface area contributed by atoms with Crippen molar-refractivity contribution in [2.24, 2.45) is 0 Å². The lowest BCUT2D eigenvalue weighted by Crippen LogP contribution is -1.87. The van der Waals surface area contributed by atoms with Crippen LogP contribution < -0.4 is 0 Å². The van der Waals surface area contributed by atoms with Crippen LogP contribution in [0.5, 0.6) is 0 Å². The van der Waals surface area contributed by atoms with Gasteiger partial charge in [0.2, 0.25) is 0 Å². The molecule has 0 atom stereocenters. The minimum Gasteiger partial charge on any atom is -0.251 e. The molecule has 14 heavy (non-hydrogen) atoms. The summed E-state index contributed by atoms with van der Waals surface area (Å²) in [6, 6.07) is 5.75. The van der Waals surface area contributed by atoms with Gasteiger partial charge in [0, 0.05) is 9.86 Å². The van der Waals surface area contributed by atoms with Crippen molar-refractivity contribution in [2.75, 3.05) is 0 Å². The van der Waals surface area contributed by atoms with Crippen molar-refractivity contribution in [1.29, 1.82) is 0 Å². The Morgan fingerprint density at radius 2 is 1.93 bits per heavy atom. The van der Waals surface area contributed by atoms with E-state index in [1.165, 1.54) is 0 Å². The van der Waals surface area contributed by atoms with Crippen molar-refractivity contribution in [2.45, 2.75) is 6.92 Å². The van der Waals surface area contributed by atoms with E-state index in [9.17, 15) is 0 Å². The molecule has 0 aliphatic heterocycles. The highest BCUT2D eigenvalue weighted by atomic mass is 79.9. The van der Waals surface area contributed by atoms with Crippen LogP contribution >= 0.6 is 39.1 Å². The van der Waals surface area contributed by atoms with Crippen molar-refractivity contribution in [3.63, 3.8) is 0 Å². The molecule has 0 saturated carbocycles. The number of hydrogen-bond donors (Lipinski definition) is 0. The van der Waals surface area contributed by atoms with Gasteiger partial charge in [0.05, 0.1) is 21.3 Å². The lowest BCUT2D eigenvalue weighted by molar-refractivity contribution is 1.25. The van der Waals surface area contributed by atoms with Crippen LogP contribution in [0.4, 0.5) is 0 Å². The topological polar surface area (TPSA) is 12.9 Å². The molecular formula is C10H6BrCl2N. The van der Waals surface area contributed by atoms with Gasteiger partial charge in [-0.3, -0.25) is 4.98 Å². The average molecular weight is 291 g/mol. The van der Waals surface area contributed by atoms with Crippen LogP contribution in [-0.4, -0.2) is 4.98 Å². The summed E-state index contributed by atoms with van der Waals surface area (Å²) >= 11 is 15.5. The van der Waals surface area contributed by atoms with Gasteiger partial charge in [-0.2, -0.15) is 0 Å². The summed E-state index contributed by atoms with van der Waals surface area (Å²) in [6.45, 7) is 1.84. The van der Waals surface area contributed by atoms with Gasteiger partial charge >= 0.3 is 0 Å². The summed E-state index contributed by atoms with van der Waals surface area (Å²) < 4.78 is 0.966. The quantitative estimate of drug-likeness (QED) is 0.690. The molecule has 0 saturated heterocycles. The van der Waals surface area contributed by atoms with Crippen LogP contribution in [0.1, 0.15) is 5.69 Å². The molecule has 0 radical (unpaired) electrons. The molecule has 72 valence electrons.